The van der Waals surface area contributed by atoms with Gasteiger partial charge in [-0.2, -0.15) is 0 Å². The molecule has 4 nitrogen and oxygen atoms in total. The Labute approximate surface area is 105 Å². The minimum Gasteiger partial charge on any atom is -0.374 e. The molecule has 1 rings (SSSR count). The molecule has 1 aliphatic carbocycles. The first kappa shape index (κ1) is 14.3. The van der Waals surface area contributed by atoms with Crippen LogP contribution in [0.15, 0.2) is 4.99 Å². The predicted octanol–water partition coefficient (Wildman–Crippen LogP) is 2.04. The second-order valence-electron chi connectivity index (χ2n) is 5.37. The van der Waals surface area contributed by atoms with Gasteiger partial charge < -0.3 is 15.8 Å². The fourth-order valence-electron chi connectivity index (χ4n) is 2.21. The molecule has 0 spiro atoms. The molecule has 0 aliphatic heterocycles. The number of hydrogen-bond donors (Lipinski definition) is 2. The quantitative estimate of drug-likeness (QED) is 0.572. The van der Waals surface area contributed by atoms with Crippen LogP contribution < -0.4 is 11.1 Å². The highest BCUT2D eigenvalue weighted by atomic mass is 16.5. The van der Waals surface area contributed by atoms with Crippen LogP contribution in [0.3, 0.4) is 0 Å². The smallest absolute Gasteiger partial charge is 0.188 e. The normalized spacial score (nSPS) is 19.4. The van der Waals surface area contributed by atoms with Gasteiger partial charge in [0.05, 0.1) is 12.1 Å². The zero-order valence-electron chi connectivity index (χ0n) is 11.5. The van der Waals surface area contributed by atoms with Gasteiger partial charge >= 0.3 is 0 Å². The van der Waals surface area contributed by atoms with Gasteiger partial charge in [0.25, 0.3) is 0 Å². The van der Waals surface area contributed by atoms with Crippen molar-refractivity contribution in [1.29, 1.82) is 0 Å². The predicted molar refractivity (Wildman–Crippen MR) is 72.2 cm³/mol. The molecule has 0 radical (unpaired) electrons. The molecule has 0 bridgehead atoms. The van der Waals surface area contributed by atoms with E-state index in [4.69, 9.17) is 10.5 Å². The molecule has 3 N–H and O–H groups in total. The van der Waals surface area contributed by atoms with Crippen LogP contribution in [0.5, 0.6) is 0 Å². The first-order valence-corrected chi connectivity index (χ1v) is 6.74. The molecular weight excluding hydrogens is 214 g/mol. The van der Waals surface area contributed by atoms with Crippen molar-refractivity contribution in [3.8, 4) is 0 Å². The van der Waals surface area contributed by atoms with Crippen molar-refractivity contribution in [2.24, 2.45) is 10.7 Å². The molecule has 1 fully saturated rings. The molecule has 100 valence electrons. The Morgan fingerprint density at radius 2 is 2.00 bits per heavy atom. The fourth-order valence-corrected chi connectivity index (χ4v) is 2.21. The van der Waals surface area contributed by atoms with E-state index < -0.39 is 0 Å². The van der Waals surface area contributed by atoms with Gasteiger partial charge in [-0.1, -0.05) is 19.3 Å². The molecule has 0 atom stereocenters. The molecular formula is C13H27N3O. The van der Waals surface area contributed by atoms with Crippen LogP contribution in [0.25, 0.3) is 0 Å². The third kappa shape index (κ3) is 5.91. The minimum absolute atomic E-state index is 0.229. The molecule has 0 unspecified atom stereocenters. The lowest BCUT2D eigenvalue weighted by Gasteiger charge is -2.25. The van der Waals surface area contributed by atoms with Crippen molar-refractivity contribution in [2.75, 3.05) is 13.2 Å². The van der Waals surface area contributed by atoms with Crippen molar-refractivity contribution in [3.05, 3.63) is 0 Å². The molecule has 0 aromatic carbocycles. The van der Waals surface area contributed by atoms with Crippen LogP contribution in [-0.2, 0) is 4.74 Å². The Hall–Kier alpha value is -0.770. The number of guanidine groups is 1. The van der Waals surface area contributed by atoms with E-state index >= 15 is 0 Å². The Kier molecular flexibility index (Phi) is 5.75. The number of nitrogens with zero attached hydrogens (tertiary/aromatic N) is 1. The second kappa shape index (κ2) is 6.84. The average Bonchev–Trinajstić information content (AvgIpc) is 2.28. The minimum atomic E-state index is -0.229. The summed E-state index contributed by atoms with van der Waals surface area (Å²) in [6.07, 6.45) is 6.38. The molecule has 0 amide bonds. The number of nitrogens with two attached hydrogens (primary N) is 1. The number of ether oxygens (including phenoxy) is 1. The van der Waals surface area contributed by atoms with Gasteiger partial charge in [-0.15, -0.1) is 0 Å². The number of aliphatic imine (C=N–C) groups is 1. The van der Waals surface area contributed by atoms with E-state index in [-0.39, 0.29) is 5.60 Å². The van der Waals surface area contributed by atoms with Crippen LogP contribution >= 0.6 is 0 Å². The Bertz CT molecular complexity index is 245. The van der Waals surface area contributed by atoms with E-state index in [2.05, 4.69) is 10.3 Å². The van der Waals surface area contributed by atoms with Gasteiger partial charge in [0.1, 0.15) is 0 Å². The highest BCUT2D eigenvalue weighted by Crippen LogP contribution is 2.17. The maximum Gasteiger partial charge on any atom is 0.188 e. The molecule has 0 aromatic heterocycles. The lowest BCUT2D eigenvalue weighted by Crippen LogP contribution is -2.42. The van der Waals surface area contributed by atoms with Crippen molar-refractivity contribution in [3.63, 3.8) is 0 Å². The SMILES string of the molecule is CCOC(C)(C)CN=C(N)NC1CCCCC1. The van der Waals surface area contributed by atoms with Gasteiger partial charge in [0, 0.05) is 12.6 Å². The highest BCUT2D eigenvalue weighted by molar-refractivity contribution is 5.78. The third-order valence-corrected chi connectivity index (χ3v) is 3.12. The number of nitrogens with one attached hydrogen (secondary N) is 1. The maximum absolute atomic E-state index is 5.89. The van der Waals surface area contributed by atoms with E-state index in [1.165, 1.54) is 32.1 Å². The summed E-state index contributed by atoms with van der Waals surface area (Å²) in [5.74, 6) is 0.560. The third-order valence-electron chi connectivity index (χ3n) is 3.12. The van der Waals surface area contributed by atoms with Gasteiger partial charge in [0.15, 0.2) is 5.96 Å². The van der Waals surface area contributed by atoms with Crippen LogP contribution in [0, 0.1) is 0 Å². The first-order chi connectivity index (χ1) is 8.03. The maximum atomic E-state index is 5.89. The first-order valence-electron chi connectivity index (χ1n) is 6.74. The fraction of sp³-hybridized carbons (Fsp3) is 0.923. The van der Waals surface area contributed by atoms with Crippen molar-refractivity contribution >= 4 is 5.96 Å². The Morgan fingerprint density at radius 3 is 2.59 bits per heavy atom. The lowest BCUT2D eigenvalue weighted by molar-refractivity contribution is -0.00217. The summed E-state index contributed by atoms with van der Waals surface area (Å²) in [6, 6.07) is 0.516. The van der Waals surface area contributed by atoms with Crippen molar-refractivity contribution in [2.45, 2.75) is 64.5 Å². The standard InChI is InChI=1S/C13H27N3O/c1-4-17-13(2,3)10-15-12(14)16-11-8-6-5-7-9-11/h11H,4-10H2,1-3H3,(H3,14,15,16). The van der Waals surface area contributed by atoms with Crippen LogP contribution in [0.1, 0.15) is 52.9 Å². The average molecular weight is 241 g/mol. The summed E-state index contributed by atoms with van der Waals surface area (Å²) >= 11 is 0. The van der Waals surface area contributed by atoms with Crippen molar-refractivity contribution < 1.29 is 4.74 Å². The van der Waals surface area contributed by atoms with Gasteiger partial charge in [-0.3, -0.25) is 4.99 Å². The largest absolute Gasteiger partial charge is 0.374 e. The van der Waals surface area contributed by atoms with E-state index in [1.807, 2.05) is 20.8 Å². The molecule has 1 saturated carbocycles. The molecule has 17 heavy (non-hydrogen) atoms. The van der Waals surface area contributed by atoms with Gasteiger partial charge in [-0.05, 0) is 33.6 Å². The molecule has 0 heterocycles. The summed E-state index contributed by atoms with van der Waals surface area (Å²) in [4.78, 5) is 4.37. The highest BCUT2D eigenvalue weighted by Gasteiger charge is 2.18. The zero-order valence-corrected chi connectivity index (χ0v) is 11.5. The second-order valence-corrected chi connectivity index (χ2v) is 5.37. The van der Waals surface area contributed by atoms with Crippen LogP contribution in [0.4, 0.5) is 0 Å². The summed E-state index contributed by atoms with van der Waals surface area (Å²) in [7, 11) is 0. The van der Waals surface area contributed by atoms with E-state index in [9.17, 15) is 0 Å². The summed E-state index contributed by atoms with van der Waals surface area (Å²) in [5.41, 5.74) is 5.66. The number of hydrogen-bond acceptors (Lipinski definition) is 2. The molecule has 1 aliphatic rings. The topological polar surface area (TPSA) is 59.6 Å². The van der Waals surface area contributed by atoms with Gasteiger partial charge in [0.2, 0.25) is 0 Å². The van der Waals surface area contributed by atoms with Gasteiger partial charge in [-0.25, -0.2) is 0 Å². The molecule has 0 aromatic rings. The Balaban J connectivity index is 2.32. The lowest BCUT2D eigenvalue weighted by atomic mass is 9.96. The Morgan fingerprint density at radius 1 is 1.35 bits per heavy atom. The van der Waals surface area contributed by atoms with Crippen LogP contribution in [-0.4, -0.2) is 30.8 Å². The summed E-state index contributed by atoms with van der Waals surface area (Å²) in [5, 5.41) is 3.31. The van der Waals surface area contributed by atoms with E-state index in [1.54, 1.807) is 0 Å². The molecule has 4 heteroatoms. The summed E-state index contributed by atoms with van der Waals surface area (Å²) < 4.78 is 5.58. The van der Waals surface area contributed by atoms with E-state index in [0.717, 1.165) is 0 Å². The van der Waals surface area contributed by atoms with Crippen LogP contribution in [0.2, 0.25) is 0 Å². The number of rotatable bonds is 5. The van der Waals surface area contributed by atoms with Crippen molar-refractivity contribution in [1.82, 2.24) is 5.32 Å². The zero-order chi connectivity index (χ0) is 12.7. The molecule has 0 saturated heterocycles. The monoisotopic (exact) mass is 241 g/mol. The van der Waals surface area contributed by atoms with E-state index in [0.29, 0.717) is 25.2 Å². The summed E-state index contributed by atoms with van der Waals surface area (Å²) in [6.45, 7) is 7.38.